The summed E-state index contributed by atoms with van der Waals surface area (Å²) in [4.78, 5) is 3.97. The molecule has 0 amide bonds. The molecule has 9 heavy (non-hydrogen) atoms. The Hall–Kier alpha value is -0.850. The average molecular weight is 123 g/mol. The van der Waals surface area contributed by atoms with Crippen LogP contribution in [0.2, 0.25) is 0 Å². The van der Waals surface area contributed by atoms with Crippen molar-refractivity contribution in [2.24, 2.45) is 4.99 Å². The summed E-state index contributed by atoms with van der Waals surface area (Å²) in [6.07, 6.45) is 3.68. The van der Waals surface area contributed by atoms with Gasteiger partial charge in [0.05, 0.1) is 5.70 Å². The largest absolute Gasteiger partial charge is 0.262 e. The van der Waals surface area contributed by atoms with Gasteiger partial charge in [-0.2, -0.15) is 0 Å². The topological polar surface area (TPSA) is 12.4 Å². The minimum absolute atomic E-state index is 0.817. The molecule has 0 rings (SSSR count). The van der Waals surface area contributed by atoms with Crippen LogP contribution in [0.1, 0.15) is 20.8 Å². The third-order valence-electron chi connectivity index (χ3n) is 0.750. The smallest absolute Gasteiger partial charge is 0.0553 e. The number of hydrogen-bond acceptors (Lipinski definition) is 1. The Kier molecular flexibility index (Phi) is 3.69. The van der Waals surface area contributed by atoms with Crippen molar-refractivity contribution in [2.75, 3.05) is 0 Å². The summed E-state index contributed by atoms with van der Waals surface area (Å²) < 4.78 is 0. The van der Waals surface area contributed by atoms with Crippen LogP contribution in [0.4, 0.5) is 0 Å². The summed E-state index contributed by atoms with van der Waals surface area (Å²) in [6.45, 7) is 9.64. The van der Waals surface area contributed by atoms with E-state index in [1.165, 1.54) is 5.57 Å². The first-order valence-electron chi connectivity index (χ1n) is 2.99. The van der Waals surface area contributed by atoms with Gasteiger partial charge in [0.15, 0.2) is 0 Å². The second-order valence-electron chi connectivity index (χ2n) is 2.10. The normalized spacial score (nSPS) is 9.67. The SMILES string of the molecule is C=C(C=C(C)C)N=CC. The Balaban J connectivity index is 3.93. The summed E-state index contributed by atoms with van der Waals surface area (Å²) >= 11 is 0. The predicted octanol–water partition coefficient (Wildman–Crippen LogP) is 2.56. The average Bonchev–Trinajstić information content (AvgIpc) is 1.63. The Morgan fingerprint density at radius 3 is 2.33 bits per heavy atom. The van der Waals surface area contributed by atoms with E-state index in [2.05, 4.69) is 11.6 Å². The fourth-order valence-corrected chi connectivity index (χ4v) is 0.536. The highest BCUT2D eigenvalue weighted by Crippen LogP contribution is 1.98. The molecular weight excluding hydrogens is 110 g/mol. The van der Waals surface area contributed by atoms with Crippen LogP contribution in [0.15, 0.2) is 28.9 Å². The van der Waals surface area contributed by atoms with E-state index in [4.69, 9.17) is 0 Å². The van der Waals surface area contributed by atoms with E-state index in [1.807, 2.05) is 26.8 Å². The fourth-order valence-electron chi connectivity index (χ4n) is 0.536. The van der Waals surface area contributed by atoms with Crippen LogP contribution in [-0.4, -0.2) is 6.21 Å². The van der Waals surface area contributed by atoms with Gasteiger partial charge in [-0.15, -0.1) is 0 Å². The molecule has 0 aromatic rings. The van der Waals surface area contributed by atoms with Crippen molar-refractivity contribution in [1.29, 1.82) is 0 Å². The molecule has 0 aliphatic heterocycles. The first kappa shape index (κ1) is 8.15. The van der Waals surface area contributed by atoms with Gasteiger partial charge in [0, 0.05) is 6.21 Å². The van der Waals surface area contributed by atoms with Crippen LogP contribution in [0.25, 0.3) is 0 Å². The van der Waals surface area contributed by atoms with Gasteiger partial charge in [-0.3, -0.25) is 4.99 Å². The van der Waals surface area contributed by atoms with Crippen LogP contribution in [-0.2, 0) is 0 Å². The van der Waals surface area contributed by atoms with Crippen molar-refractivity contribution in [2.45, 2.75) is 20.8 Å². The highest BCUT2D eigenvalue weighted by atomic mass is 14.7. The lowest BCUT2D eigenvalue weighted by atomic mass is 10.3. The van der Waals surface area contributed by atoms with E-state index < -0.39 is 0 Å². The van der Waals surface area contributed by atoms with Crippen molar-refractivity contribution in [3.05, 3.63) is 23.9 Å². The minimum atomic E-state index is 0.817. The summed E-state index contributed by atoms with van der Waals surface area (Å²) in [5.41, 5.74) is 2.04. The molecule has 0 aliphatic carbocycles. The number of allylic oxidation sites excluding steroid dienone is 2. The first-order valence-corrected chi connectivity index (χ1v) is 2.99. The van der Waals surface area contributed by atoms with Gasteiger partial charge in [-0.25, -0.2) is 0 Å². The molecular formula is C8H13N. The van der Waals surface area contributed by atoms with Crippen molar-refractivity contribution in [1.82, 2.24) is 0 Å². The maximum Gasteiger partial charge on any atom is 0.0553 e. The van der Waals surface area contributed by atoms with Crippen molar-refractivity contribution >= 4 is 6.21 Å². The lowest BCUT2D eigenvalue weighted by molar-refractivity contribution is 1.33. The van der Waals surface area contributed by atoms with Gasteiger partial charge in [0.2, 0.25) is 0 Å². The fraction of sp³-hybridized carbons (Fsp3) is 0.375. The molecule has 0 N–H and O–H groups in total. The lowest BCUT2D eigenvalue weighted by Crippen LogP contribution is -1.70. The van der Waals surface area contributed by atoms with Crippen molar-refractivity contribution in [3.8, 4) is 0 Å². The third kappa shape index (κ3) is 5.01. The van der Waals surface area contributed by atoms with E-state index in [0.29, 0.717) is 0 Å². The molecule has 0 atom stereocenters. The zero-order valence-corrected chi connectivity index (χ0v) is 6.31. The van der Waals surface area contributed by atoms with E-state index in [9.17, 15) is 0 Å². The maximum atomic E-state index is 3.97. The number of rotatable bonds is 2. The molecule has 0 bridgehead atoms. The second-order valence-corrected chi connectivity index (χ2v) is 2.10. The molecule has 0 aromatic carbocycles. The van der Waals surface area contributed by atoms with E-state index in [0.717, 1.165) is 5.70 Å². The Morgan fingerprint density at radius 2 is 2.00 bits per heavy atom. The molecule has 0 radical (unpaired) electrons. The summed E-state index contributed by atoms with van der Waals surface area (Å²) in [5, 5.41) is 0. The molecule has 0 saturated carbocycles. The molecule has 0 heterocycles. The predicted molar refractivity (Wildman–Crippen MR) is 42.7 cm³/mol. The Morgan fingerprint density at radius 1 is 1.44 bits per heavy atom. The van der Waals surface area contributed by atoms with Gasteiger partial charge in [0.25, 0.3) is 0 Å². The van der Waals surface area contributed by atoms with Crippen LogP contribution < -0.4 is 0 Å². The van der Waals surface area contributed by atoms with Gasteiger partial charge in [-0.05, 0) is 26.8 Å². The molecule has 0 fully saturated rings. The second kappa shape index (κ2) is 4.07. The first-order chi connectivity index (χ1) is 4.16. The quantitative estimate of drug-likeness (QED) is 0.395. The number of hydrogen-bond donors (Lipinski definition) is 0. The van der Waals surface area contributed by atoms with Crippen molar-refractivity contribution in [3.63, 3.8) is 0 Å². The summed E-state index contributed by atoms with van der Waals surface area (Å²) in [7, 11) is 0. The van der Waals surface area contributed by atoms with Crippen LogP contribution in [0.3, 0.4) is 0 Å². The molecule has 1 heteroatoms. The molecule has 0 saturated heterocycles. The minimum Gasteiger partial charge on any atom is -0.262 e. The summed E-state index contributed by atoms with van der Waals surface area (Å²) in [6, 6.07) is 0. The molecule has 0 unspecified atom stereocenters. The van der Waals surface area contributed by atoms with E-state index >= 15 is 0 Å². The molecule has 1 nitrogen and oxygen atoms in total. The van der Waals surface area contributed by atoms with Gasteiger partial charge >= 0.3 is 0 Å². The lowest BCUT2D eigenvalue weighted by Gasteiger charge is -1.88. The highest BCUT2D eigenvalue weighted by Gasteiger charge is 1.79. The number of nitrogens with zero attached hydrogens (tertiary/aromatic N) is 1. The molecule has 0 spiro atoms. The van der Waals surface area contributed by atoms with Gasteiger partial charge in [-0.1, -0.05) is 12.2 Å². The van der Waals surface area contributed by atoms with Crippen LogP contribution >= 0.6 is 0 Å². The van der Waals surface area contributed by atoms with E-state index in [-0.39, 0.29) is 0 Å². The summed E-state index contributed by atoms with van der Waals surface area (Å²) in [5.74, 6) is 0. The highest BCUT2D eigenvalue weighted by molar-refractivity contribution is 5.55. The van der Waals surface area contributed by atoms with E-state index in [1.54, 1.807) is 6.21 Å². The molecule has 0 aliphatic rings. The monoisotopic (exact) mass is 123 g/mol. The Labute approximate surface area is 56.8 Å². The standard InChI is InChI=1S/C8H13N/c1-5-9-8(4)6-7(2)3/h5-6H,4H2,1-3H3. The van der Waals surface area contributed by atoms with Gasteiger partial charge < -0.3 is 0 Å². The van der Waals surface area contributed by atoms with Gasteiger partial charge in [0.1, 0.15) is 0 Å². The van der Waals surface area contributed by atoms with Crippen LogP contribution in [0, 0.1) is 0 Å². The maximum absolute atomic E-state index is 3.97. The zero-order chi connectivity index (χ0) is 7.28. The zero-order valence-electron chi connectivity index (χ0n) is 6.31. The Bertz CT molecular complexity index is 148. The third-order valence-corrected chi connectivity index (χ3v) is 0.750. The molecule has 50 valence electrons. The van der Waals surface area contributed by atoms with Crippen LogP contribution in [0.5, 0.6) is 0 Å². The number of aliphatic imine (C=N–C) groups is 1. The van der Waals surface area contributed by atoms with Crippen molar-refractivity contribution < 1.29 is 0 Å². The molecule has 0 aromatic heterocycles.